The van der Waals surface area contributed by atoms with Gasteiger partial charge in [0.15, 0.2) is 0 Å². The lowest BCUT2D eigenvalue weighted by molar-refractivity contribution is 1.18. The van der Waals surface area contributed by atoms with Crippen molar-refractivity contribution in [3.05, 3.63) is 133 Å². The number of fused-ring (bicyclic) bond motifs is 12. The molecule has 40 heavy (non-hydrogen) atoms. The largest absolute Gasteiger partial charge is 0.354 e. The van der Waals surface area contributed by atoms with Crippen molar-refractivity contribution in [1.29, 1.82) is 0 Å². The Bertz CT molecular complexity index is 2420. The highest BCUT2D eigenvalue weighted by atomic mass is 15.0. The zero-order valence-electron chi connectivity index (χ0n) is 22.0. The van der Waals surface area contributed by atoms with Crippen molar-refractivity contribution in [3.8, 4) is 11.4 Å². The van der Waals surface area contributed by atoms with Crippen molar-refractivity contribution < 1.29 is 0 Å². The van der Waals surface area contributed by atoms with E-state index in [1.807, 2.05) is 0 Å². The molecule has 0 unspecified atom stereocenters. The lowest BCUT2D eigenvalue weighted by Crippen LogP contribution is -1.96. The molecule has 9 aromatic rings. The van der Waals surface area contributed by atoms with Gasteiger partial charge in [-0.1, -0.05) is 90.5 Å². The molecule has 0 saturated heterocycles. The molecule has 0 spiro atoms. The Hall–Kier alpha value is -5.28. The van der Waals surface area contributed by atoms with Gasteiger partial charge in [-0.2, -0.15) is 0 Å². The van der Waals surface area contributed by atoms with Crippen LogP contribution in [0.15, 0.2) is 127 Å². The molecule has 3 heteroatoms. The molecule has 188 valence electrons. The number of benzene rings is 6. The fourth-order valence-electron chi connectivity index (χ4n) is 6.83. The molecule has 0 saturated carbocycles. The van der Waals surface area contributed by atoms with E-state index in [1.54, 1.807) is 0 Å². The third-order valence-electron chi connectivity index (χ3n) is 8.49. The Kier molecular flexibility index (Phi) is 4.26. The van der Waals surface area contributed by atoms with Gasteiger partial charge in [-0.25, -0.2) is 0 Å². The summed E-state index contributed by atoms with van der Waals surface area (Å²) in [6.45, 7) is 2.15. The summed E-state index contributed by atoms with van der Waals surface area (Å²) in [4.78, 5) is 3.88. The van der Waals surface area contributed by atoms with Crippen LogP contribution in [0.5, 0.6) is 0 Å². The standard InChI is InChI=1S/C37H25N3/c1-23-19-21-25(22-20-23)40-31-18-10-7-15-28(31)34-36(40)32-26-13-5-8-16-29(26)38-35(32)33-27-14-6-9-17-30(27)39(37(33)34)24-11-3-2-4-12-24/h2-22,38H,1H3. The van der Waals surface area contributed by atoms with Crippen LogP contribution < -0.4 is 0 Å². The normalized spacial score (nSPS) is 12.1. The molecule has 0 aliphatic carbocycles. The van der Waals surface area contributed by atoms with Gasteiger partial charge in [-0.3, -0.25) is 0 Å². The summed E-state index contributed by atoms with van der Waals surface area (Å²) in [5.41, 5.74) is 10.8. The number of nitrogens with zero attached hydrogens (tertiary/aromatic N) is 2. The highest BCUT2D eigenvalue weighted by Gasteiger charge is 2.26. The predicted molar refractivity (Wildman–Crippen MR) is 169 cm³/mol. The van der Waals surface area contributed by atoms with Gasteiger partial charge < -0.3 is 14.1 Å². The van der Waals surface area contributed by atoms with E-state index in [2.05, 4.69) is 148 Å². The third kappa shape index (κ3) is 2.73. The smallest absolute Gasteiger partial charge is 0.0662 e. The second kappa shape index (κ2) is 7.87. The van der Waals surface area contributed by atoms with E-state index in [0.717, 1.165) is 11.2 Å². The molecule has 0 fully saturated rings. The molecule has 1 N–H and O–H groups in total. The molecule has 0 radical (unpaired) electrons. The molecule has 9 rings (SSSR count). The summed E-state index contributed by atoms with van der Waals surface area (Å²) in [7, 11) is 0. The number of nitrogens with one attached hydrogen (secondary N) is 1. The lowest BCUT2D eigenvalue weighted by atomic mass is 10.0. The highest BCUT2D eigenvalue weighted by molar-refractivity contribution is 6.39. The molecule has 3 heterocycles. The van der Waals surface area contributed by atoms with Crippen LogP contribution in [0.2, 0.25) is 0 Å². The maximum Gasteiger partial charge on any atom is 0.0662 e. The van der Waals surface area contributed by atoms with Gasteiger partial charge in [0.2, 0.25) is 0 Å². The van der Waals surface area contributed by atoms with E-state index in [-0.39, 0.29) is 0 Å². The average molecular weight is 512 g/mol. The van der Waals surface area contributed by atoms with Gasteiger partial charge in [0.05, 0.1) is 27.6 Å². The van der Waals surface area contributed by atoms with E-state index in [9.17, 15) is 0 Å². The van der Waals surface area contributed by atoms with E-state index in [1.165, 1.54) is 71.2 Å². The van der Waals surface area contributed by atoms with Crippen LogP contribution in [-0.4, -0.2) is 14.1 Å². The van der Waals surface area contributed by atoms with Crippen molar-refractivity contribution >= 4 is 65.4 Å². The highest BCUT2D eigenvalue weighted by Crippen LogP contribution is 2.48. The van der Waals surface area contributed by atoms with E-state index >= 15 is 0 Å². The number of para-hydroxylation sites is 4. The third-order valence-corrected chi connectivity index (χ3v) is 8.49. The minimum absolute atomic E-state index is 1.16. The fourth-order valence-corrected chi connectivity index (χ4v) is 6.83. The molecule has 0 aliphatic heterocycles. The van der Waals surface area contributed by atoms with Gasteiger partial charge >= 0.3 is 0 Å². The Labute approximate surface area is 230 Å². The molecular formula is C37H25N3. The van der Waals surface area contributed by atoms with Gasteiger partial charge in [0.1, 0.15) is 0 Å². The fraction of sp³-hybridized carbons (Fsp3) is 0.0270. The summed E-state index contributed by atoms with van der Waals surface area (Å²) in [6, 6.07) is 46.1. The molecule has 3 nitrogen and oxygen atoms in total. The van der Waals surface area contributed by atoms with Crippen LogP contribution in [0.25, 0.3) is 76.8 Å². The van der Waals surface area contributed by atoms with Crippen LogP contribution in [-0.2, 0) is 0 Å². The first-order valence-corrected chi connectivity index (χ1v) is 13.8. The summed E-state index contributed by atoms with van der Waals surface area (Å²) < 4.78 is 4.93. The minimum Gasteiger partial charge on any atom is -0.354 e. The summed E-state index contributed by atoms with van der Waals surface area (Å²) in [6.07, 6.45) is 0. The zero-order chi connectivity index (χ0) is 26.4. The van der Waals surface area contributed by atoms with E-state index in [4.69, 9.17) is 0 Å². The number of hydrogen-bond donors (Lipinski definition) is 1. The zero-order valence-corrected chi connectivity index (χ0v) is 22.0. The first kappa shape index (κ1) is 21.6. The van der Waals surface area contributed by atoms with Crippen LogP contribution in [0.3, 0.4) is 0 Å². The molecule has 0 amide bonds. The van der Waals surface area contributed by atoms with Crippen molar-refractivity contribution in [2.24, 2.45) is 0 Å². The quantitative estimate of drug-likeness (QED) is 0.239. The monoisotopic (exact) mass is 511 g/mol. The van der Waals surface area contributed by atoms with Crippen molar-refractivity contribution in [1.82, 2.24) is 14.1 Å². The van der Waals surface area contributed by atoms with Gasteiger partial charge in [0.25, 0.3) is 0 Å². The maximum absolute atomic E-state index is 3.88. The van der Waals surface area contributed by atoms with Crippen LogP contribution in [0, 0.1) is 6.92 Å². The molecule has 0 aliphatic rings. The van der Waals surface area contributed by atoms with Crippen LogP contribution in [0.4, 0.5) is 0 Å². The topological polar surface area (TPSA) is 25.6 Å². The Morgan fingerprint density at radius 3 is 1.62 bits per heavy atom. The lowest BCUT2D eigenvalue weighted by Gasteiger charge is -2.12. The first-order valence-electron chi connectivity index (χ1n) is 13.8. The summed E-state index contributed by atoms with van der Waals surface area (Å²) in [5.74, 6) is 0. The van der Waals surface area contributed by atoms with Gasteiger partial charge in [-0.05, 0) is 49.4 Å². The minimum atomic E-state index is 1.16. The number of H-pyrrole nitrogens is 1. The molecule has 0 bridgehead atoms. The van der Waals surface area contributed by atoms with E-state index < -0.39 is 0 Å². The number of aromatic nitrogens is 3. The van der Waals surface area contributed by atoms with Crippen molar-refractivity contribution in [2.75, 3.05) is 0 Å². The van der Waals surface area contributed by atoms with Gasteiger partial charge in [-0.15, -0.1) is 0 Å². The molecular weight excluding hydrogens is 486 g/mol. The SMILES string of the molecule is Cc1ccc(-n2c3ccccc3c3c4c(c5ccccc5n4-c4ccccc4)c4[nH]c5ccccc5c4c32)cc1. The number of rotatable bonds is 2. The van der Waals surface area contributed by atoms with Crippen LogP contribution >= 0.6 is 0 Å². The van der Waals surface area contributed by atoms with Crippen molar-refractivity contribution in [3.63, 3.8) is 0 Å². The van der Waals surface area contributed by atoms with E-state index in [0.29, 0.717) is 0 Å². The maximum atomic E-state index is 3.88. The first-order chi connectivity index (χ1) is 19.8. The Morgan fingerprint density at radius 2 is 0.950 bits per heavy atom. The van der Waals surface area contributed by atoms with Crippen LogP contribution in [0.1, 0.15) is 5.56 Å². The van der Waals surface area contributed by atoms with Gasteiger partial charge in [0, 0.05) is 49.2 Å². The Morgan fingerprint density at radius 1 is 0.450 bits per heavy atom. The summed E-state index contributed by atoms with van der Waals surface area (Å²) >= 11 is 0. The summed E-state index contributed by atoms with van der Waals surface area (Å²) in [5, 5.41) is 7.58. The second-order valence-electron chi connectivity index (χ2n) is 10.7. The molecule has 0 atom stereocenters. The Balaban J connectivity index is 1.68. The van der Waals surface area contributed by atoms with Crippen molar-refractivity contribution in [2.45, 2.75) is 6.92 Å². The number of aromatic amines is 1. The number of aryl methyl sites for hydroxylation is 1. The number of hydrogen-bond acceptors (Lipinski definition) is 0. The second-order valence-corrected chi connectivity index (χ2v) is 10.7. The molecule has 6 aromatic carbocycles. The molecule has 3 aromatic heterocycles. The predicted octanol–water partition coefficient (Wildman–Crippen LogP) is 9.82. The average Bonchev–Trinajstić information content (AvgIpc) is 3.66.